The summed E-state index contributed by atoms with van der Waals surface area (Å²) in [4.78, 5) is 0. The van der Waals surface area contributed by atoms with Crippen molar-refractivity contribution in [2.24, 2.45) is 0 Å². The number of aryl methyl sites for hydroxylation is 1. The molecule has 0 fully saturated rings. The van der Waals surface area contributed by atoms with Crippen LogP contribution in [0.1, 0.15) is 11.1 Å². The average Bonchev–Trinajstić information content (AvgIpc) is 2.51. The lowest BCUT2D eigenvalue weighted by atomic mass is 10.2. The maximum absolute atomic E-state index is 5.71. The third kappa shape index (κ3) is 1.96. The van der Waals surface area contributed by atoms with Gasteiger partial charge in [0.25, 0.3) is 0 Å². The molecule has 0 saturated heterocycles. The van der Waals surface area contributed by atoms with Crippen LogP contribution in [0.2, 0.25) is 0 Å². The Morgan fingerprint density at radius 3 is 2.79 bits per heavy atom. The lowest BCUT2D eigenvalue weighted by Gasteiger charge is -2.03. The Bertz CT molecular complexity index is 429. The molecule has 0 spiro atoms. The lowest BCUT2D eigenvalue weighted by Crippen LogP contribution is -1.97. The molecule has 0 bridgehead atoms. The normalized spacial score (nSPS) is 10.4. The first-order valence-corrected chi connectivity index (χ1v) is 4.71. The van der Waals surface area contributed by atoms with Gasteiger partial charge in [0.05, 0.1) is 0 Å². The van der Waals surface area contributed by atoms with E-state index in [1.54, 1.807) is 0 Å². The van der Waals surface area contributed by atoms with Crippen molar-refractivity contribution >= 4 is 5.69 Å². The van der Waals surface area contributed by atoms with Crippen molar-refractivity contribution in [2.45, 2.75) is 13.5 Å². The SMILES string of the molecule is Cc1ccn(Cc2cccc(N)c2)c1. The molecule has 0 aliphatic heterocycles. The van der Waals surface area contributed by atoms with Gasteiger partial charge in [-0.25, -0.2) is 0 Å². The fourth-order valence-corrected chi connectivity index (χ4v) is 1.56. The predicted octanol–water partition coefficient (Wildman–Crippen LogP) is 2.43. The molecule has 0 atom stereocenters. The molecule has 2 heteroatoms. The number of nitrogens with two attached hydrogens (primary N) is 1. The topological polar surface area (TPSA) is 30.9 Å². The van der Waals surface area contributed by atoms with Gasteiger partial charge in [0.1, 0.15) is 0 Å². The summed E-state index contributed by atoms with van der Waals surface area (Å²) in [5.41, 5.74) is 9.06. The first-order chi connectivity index (χ1) is 6.74. The summed E-state index contributed by atoms with van der Waals surface area (Å²) in [7, 11) is 0. The molecule has 72 valence electrons. The van der Waals surface area contributed by atoms with Crippen LogP contribution in [0.4, 0.5) is 5.69 Å². The molecule has 2 rings (SSSR count). The van der Waals surface area contributed by atoms with Crippen molar-refractivity contribution in [3.05, 3.63) is 53.9 Å². The maximum atomic E-state index is 5.71. The zero-order valence-corrected chi connectivity index (χ0v) is 8.27. The summed E-state index contributed by atoms with van der Waals surface area (Å²) in [5, 5.41) is 0. The summed E-state index contributed by atoms with van der Waals surface area (Å²) < 4.78 is 2.16. The number of nitrogens with zero attached hydrogens (tertiary/aromatic N) is 1. The van der Waals surface area contributed by atoms with E-state index in [9.17, 15) is 0 Å². The largest absolute Gasteiger partial charge is 0.399 e. The molecule has 0 saturated carbocycles. The summed E-state index contributed by atoms with van der Waals surface area (Å²) in [6.07, 6.45) is 4.21. The monoisotopic (exact) mass is 186 g/mol. The zero-order chi connectivity index (χ0) is 9.97. The van der Waals surface area contributed by atoms with E-state index in [0.29, 0.717) is 0 Å². The number of hydrogen-bond donors (Lipinski definition) is 1. The van der Waals surface area contributed by atoms with Crippen molar-refractivity contribution in [3.63, 3.8) is 0 Å². The molecule has 0 radical (unpaired) electrons. The minimum Gasteiger partial charge on any atom is -0.399 e. The van der Waals surface area contributed by atoms with E-state index in [1.807, 2.05) is 18.2 Å². The molecule has 0 unspecified atom stereocenters. The molecular formula is C12H14N2. The summed E-state index contributed by atoms with van der Waals surface area (Å²) in [5.74, 6) is 0. The Morgan fingerprint density at radius 2 is 2.14 bits per heavy atom. The average molecular weight is 186 g/mol. The highest BCUT2D eigenvalue weighted by Gasteiger charge is 1.95. The molecule has 0 aliphatic rings. The Morgan fingerprint density at radius 1 is 1.29 bits per heavy atom. The Kier molecular flexibility index (Phi) is 2.27. The first kappa shape index (κ1) is 8.88. The Hall–Kier alpha value is -1.70. The summed E-state index contributed by atoms with van der Waals surface area (Å²) in [6, 6.07) is 10.1. The summed E-state index contributed by atoms with van der Waals surface area (Å²) in [6.45, 7) is 2.98. The maximum Gasteiger partial charge on any atom is 0.0471 e. The van der Waals surface area contributed by atoms with Crippen molar-refractivity contribution in [2.75, 3.05) is 5.73 Å². The fourth-order valence-electron chi connectivity index (χ4n) is 1.56. The molecule has 1 aromatic heterocycles. The number of rotatable bonds is 2. The van der Waals surface area contributed by atoms with Crippen LogP contribution in [0.25, 0.3) is 0 Å². The highest BCUT2D eigenvalue weighted by Crippen LogP contribution is 2.09. The molecule has 1 aromatic carbocycles. The van der Waals surface area contributed by atoms with Crippen molar-refractivity contribution < 1.29 is 0 Å². The van der Waals surface area contributed by atoms with Gasteiger partial charge < -0.3 is 10.3 Å². The second-order valence-electron chi connectivity index (χ2n) is 3.61. The van der Waals surface area contributed by atoms with Crippen LogP contribution in [0.5, 0.6) is 0 Å². The number of aromatic nitrogens is 1. The highest BCUT2D eigenvalue weighted by atomic mass is 14.9. The van der Waals surface area contributed by atoms with Crippen LogP contribution in [0.3, 0.4) is 0 Å². The van der Waals surface area contributed by atoms with E-state index in [4.69, 9.17) is 5.73 Å². The summed E-state index contributed by atoms with van der Waals surface area (Å²) >= 11 is 0. The second kappa shape index (κ2) is 3.58. The zero-order valence-electron chi connectivity index (χ0n) is 8.27. The van der Waals surface area contributed by atoms with E-state index in [0.717, 1.165) is 12.2 Å². The van der Waals surface area contributed by atoms with Crippen LogP contribution >= 0.6 is 0 Å². The van der Waals surface area contributed by atoms with E-state index < -0.39 is 0 Å². The van der Waals surface area contributed by atoms with Crippen molar-refractivity contribution in [1.82, 2.24) is 4.57 Å². The van der Waals surface area contributed by atoms with E-state index >= 15 is 0 Å². The third-order valence-corrected chi connectivity index (χ3v) is 2.21. The van der Waals surface area contributed by atoms with Gasteiger partial charge in [0, 0.05) is 24.6 Å². The number of nitrogen functional groups attached to an aromatic ring is 1. The number of anilines is 1. The standard InChI is InChI=1S/C12H14N2/c1-10-5-6-14(8-10)9-11-3-2-4-12(13)7-11/h2-8H,9,13H2,1H3. The molecule has 0 aliphatic carbocycles. The van der Waals surface area contributed by atoms with Crippen LogP contribution in [-0.4, -0.2) is 4.57 Å². The first-order valence-electron chi connectivity index (χ1n) is 4.71. The van der Waals surface area contributed by atoms with Crippen molar-refractivity contribution in [3.8, 4) is 0 Å². The van der Waals surface area contributed by atoms with Crippen LogP contribution in [-0.2, 0) is 6.54 Å². The van der Waals surface area contributed by atoms with Gasteiger partial charge in [-0.1, -0.05) is 12.1 Å². The Balaban J connectivity index is 2.18. The minimum atomic E-state index is 0.825. The van der Waals surface area contributed by atoms with Crippen LogP contribution < -0.4 is 5.73 Å². The third-order valence-electron chi connectivity index (χ3n) is 2.21. The van der Waals surface area contributed by atoms with E-state index in [-0.39, 0.29) is 0 Å². The smallest absolute Gasteiger partial charge is 0.0471 e. The highest BCUT2D eigenvalue weighted by molar-refractivity contribution is 5.40. The molecule has 2 aromatic rings. The predicted molar refractivity (Wildman–Crippen MR) is 59.1 cm³/mol. The minimum absolute atomic E-state index is 0.825. The van der Waals surface area contributed by atoms with Gasteiger partial charge in [-0.2, -0.15) is 0 Å². The molecule has 0 amide bonds. The van der Waals surface area contributed by atoms with Gasteiger partial charge in [-0.15, -0.1) is 0 Å². The second-order valence-corrected chi connectivity index (χ2v) is 3.61. The Labute approximate surface area is 84.0 Å². The lowest BCUT2D eigenvalue weighted by molar-refractivity contribution is 0.805. The molecule has 2 N–H and O–H groups in total. The van der Waals surface area contributed by atoms with Gasteiger partial charge in [0.2, 0.25) is 0 Å². The van der Waals surface area contributed by atoms with Gasteiger partial charge in [-0.05, 0) is 36.2 Å². The van der Waals surface area contributed by atoms with Crippen LogP contribution in [0.15, 0.2) is 42.7 Å². The van der Waals surface area contributed by atoms with Crippen LogP contribution in [0, 0.1) is 6.92 Å². The molecular weight excluding hydrogens is 172 g/mol. The fraction of sp³-hybridized carbons (Fsp3) is 0.167. The van der Waals surface area contributed by atoms with Gasteiger partial charge in [-0.3, -0.25) is 0 Å². The van der Waals surface area contributed by atoms with Gasteiger partial charge in [0.15, 0.2) is 0 Å². The van der Waals surface area contributed by atoms with Crippen molar-refractivity contribution in [1.29, 1.82) is 0 Å². The van der Waals surface area contributed by atoms with E-state index in [1.165, 1.54) is 11.1 Å². The molecule has 1 heterocycles. The molecule has 2 nitrogen and oxygen atoms in total. The number of benzene rings is 1. The van der Waals surface area contributed by atoms with E-state index in [2.05, 4.69) is 36.0 Å². The molecule has 14 heavy (non-hydrogen) atoms. The number of hydrogen-bond acceptors (Lipinski definition) is 1. The quantitative estimate of drug-likeness (QED) is 0.717. The van der Waals surface area contributed by atoms with Gasteiger partial charge >= 0.3 is 0 Å².